The second kappa shape index (κ2) is 6.39. The van der Waals surface area contributed by atoms with Gasteiger partial charge >= 0.3 is 5.97 Å². The monoisotopic (exact) mass is 346 g/mol. The minimum absolute atomic E-state index is 0.0791. The highest BCUT2D eigenvalue weighted by atomic mass is 28.4. The van der Waals surface area contributed by atoms with Crippen molar-refractivity contribution < 1.29 is 14.0 Å². The van der Waals surface area contributed by atoms with E-state index >= 15 is 0 Å². The third-order valence-corrected chi connectivity index (χ3v) is 9.93. The first-order chi connectivity index (χ1) is 11.1. The van der Waals surface area contributed by atoms with Gasteiger partial charge in [-0.1, -0.05) is 57.2 Å². The Bertz CT molecular complexity index is 628. The van der Waals surface area contributed by atoms with E-state index in [9.17, 15) is 4.79 Å². The average Bonchev–Trinajstić information content (AvgIpc) is 3.28. The molecule has 0 N–H and O–H groups in total. The molecule has 0 saturated heterocycles. The lowest BCUT2D eigenvalue weighted by atomic mass is 9.96. The van der Waals surface area contributed by atoms with Crippen LogP contribution in [0.25, 0.3) is 0 Å². The Morgan fingerprint density at radius 1 is 1.25 bits per heavy atom. The predicted octanol–water partition coefficient (Wildman–Crippen LogP) is 5.26. The number of methoxy groups -OCH3 is 1. The number of esters is 1. The Morgan fingerprint density at radius 2 is 1.83 bits per heavy atom. The van der Waals surface area contributed by atoms with Gasteiger partial charge in [0.25, 0.3) is 0 Å². The number of hydrogen-bond donors (Lipinski definition) is 0. The third kappa shape index (κ3) is 3.16. The van der Waals surface area contributed by atoms with Crippen LogP contribution in [0.4, 0.5) is 0 Å². The Kier molecular flexibility index (Phi) is 5.00. The number of carbonyl (C=O) groups is 1. The van der Waals surface area contributed by atoms with Crippen LogP contribution < -0.4 is 0 Å². The van der Waals surface area contributed by atoms with E-state index in [1.54, 1.807) is 0 Å². The molecule has 0 heterocycles. The summed E-state index contributed by atoms with van der Waals surface area (Å²) in [5, 5.41) is 0.0791. The van der Waals surface area contributed by atoms with Gasteiger partial charge in [-0.15, -0.1) is 0 Å². The highest BCUT2D eigenvalue weighted by Crippen LogP contribution is 2.65. The molecule has 0 amide bonds. The van der Waals surface area contributed by atoms with E-state index in [1.807, 2.05) is 31.2 Å². The zero-order chi connectivity index (χ0) is 18.2. The lowest BCUT2D eigenvalue weighted by molar-refractivity contribution is -0.146. The molecule has 0 spiro atoms. The van der Waals surface area contributed by atoms with E-state index in [0.29, 0.717) is 0 Å². The van der Waals surface area contributed by atoms with Crippen LogP contribution in [0.2, 0.25) is 18.1 Å². The van der Waals surface area contributed by atoms with E-state index in [1.165, 1.54) is 12.7 Å². The van der Waals surface area contributed by atoms with Crippen molar-refractivity contribution in [1.82, 2.24) is 0 Å². The normalized spacial score (nSPS) is 24.5. The molecule has 1 aliphatic carbocycles. The number of hydrogen-bond acceptors (Lipinski definition) is 3. The molecule has 1 fully saturated rings. The van der Waals surface area contributed by atoms with Crippen LogP contribution in [0.3, 0.4) is 0 Å². The third-order valence-electron chi connectivity index (χ3n) is 5.59. The number of rotatable bonds is 5. The van der Waals surface area contributed by atoms with Crippen LogP contribution in [0.1, 0.15) is 45.6 Å². The minimum Gasteiger partial charge on any atom is -0.546 e. The number of benzene rings is 1. The van der Waals surface area contributed by atoms with Crippen molar-refractivity contribution in [1.29, 1.82) is 0 Å². The Hall–Kier alpha value is -1.55. The van der Waals surface area contributed by atoms with Gasteiger partial charge in [0.1, 0.15) is 5.41 Å². The summed E-state index contributed by atoms with van der Waals surface area (Å²) in [6, 6.07) is 10.2. The first-order valence-corrected chi connectivity index (χ1v) is 11.5. The fourth-order valence-corrected chi connectivity index (χ4v) is 4.12. The van der Waals surface area contributed by atoms with E-state index < -0.39 is 13.7 Å². The summed E-state index contributed by atoms with van der Waals surface area (Å²) in [5.41, 5.74) is 0.501. The molecule has 1 aromatic rings. The van der Waals surface area contributed by atoms with Gasteiger partial charge in [-0.2, -0.15) is 0 Å². The van der Waals surface area contributed by atoms with Crippen LogP contribution in [0.5, 0.6) is 0 Å². The van der Waals surface area contributed by atoms with Crippen LogP contribution in [-0.4, -0.2) is 21.4 Å². The van der Waals surface area contributed by atoms with Crippen LogP contribution in [-0.2, 0) is 14.0 Å². The highest BCUT2D eigenvalue weighted by Gasteiger charge is 2.66. The lowest BCUT2D eigenvalue weighted by Crippen LogP contribution is -2.42. The van der Waals surface area contributed by atoms with Crippen LogP contribution in [0, 0.1) is 5.41 Å². The topological polar surface area (TPSA) is 35.5 Å². The zero-order valence-electron chi connectivity index (χ0n) is 16.0. The predicted molar refractivity (Wildman–Crippen MR) is 100 cm³/mol. The van der Waals surface area contributed by atoms with Crippen LogP contribution in [0.15, 0.2) is 42.2 Å². The van der Waals surface area contributed by atoms with Crippen molar-refractivity contribution in [2.24, 2.45) is 5.41 Å². The summed E-state index contributed by atoms with van der Waals surface area (Å²) in [6.07, 6.45) is 2.71. The molecule has 24 heavy (non-hydrogen) atoms. The molecular formula is C20H30O3Si. The molecule has 132 valence electrons. The Morgan fingerprint density at radius 3 is 2.29 bits per heavy atom. The van der Waals surface area contributed by atoms with E-state index in [0.717, 1.165) is 12.2 Å². The SMILES string of the molecule is C/C=C(\O[Si](C)(C)C(C)(C)C)[C@@]1(C(=O)OC)C[C@H]1c1ccccc1. The molecule has 0 aliphatic heterocycles. The molecule has 1 saturated carbocycles. The number of carbonyl (C=O) groups excluding carboxylic acids is 1. The molecule has 1 aliphatic rings. The van der Waals surface area contributed by atoms with Crippen molar-refractivity contribution in [3.8, 4) is 0 Å². The summed E-state index contributed by atoms with van der Waals surface area (Å²) in [6.45, 7) is 13.0. The van der Waals surface area contributed by atoms with E-state index in [-0.39, 0.29) is 16.9 Å². The smallest absolute Gasteiger partial charge is 0.320 e. The molecule has 2 rings (SSSR count). The second-order valence-corrected chi connectivity index (χ2v) is 12.9. The maximum absolute atomic E-state index is 12.7. The molecule has 2 atom stereocenters. The molecule has 3 nitrogen and oxygen atoms in total. The van der Waals surface area contributed by atoms with Gasteiger partial charge in [0.15, 0.2) is 0 Å². The quantitative estimate of drug-likeness (QED) is 0.414. The summed E-state index contributed by atoms with van der Waals surface area (Å²) >= 11 is 0. The Balaban J connectivity index is 2.38. The minimum atomic E-state index is -2.02. The summed E-state index contributed by atoms with van der Waals surface area (Å²) in [7, 11) is -0.562. The highest BCUT2D eigenvalue weighted by molar-refractivity contribution is 6.74. The molecule has 0 unspecified atom stereocenters. The number of ether oxygens (including phenoxy) is 1. The van der Waals surface area contributed by atoms with Gasteiger partial charge in [0, 0.05) is 5.92 Å². The van der Waals surface area contributed by atoms with E-state index in [2.05, 4.69) is 46.0 Å². The molecule has 0 bridgehead atoms. The largest absolute Gasteiger partial charge is 0.546 e. The number of allylic oxidation sites excluding steroid dienone is 1. The molecule has 0 radical (unpaired) electrons. The van der Waals surface area contributed by atoms with Crippen molar-refractivity contribution in [3.05, 3.63) is 47.7 Å². The standard InChI is InChI=1S/C20H30O3Si/c1-8-17(23-24(6,7)19(2,3)4)20(18(21)22-5)14-16(20)15-12-10-9-11-13-15/h8-13,16H,14H2,1-7H3/b17-8-/t16-,20+/m0/s1. The van der Waals surface area contributed by atoms with Gasteiger partial charge in [-0.05, 0) is 37.0 Å². The van der Waals surface area contributed by atoms with Gasteiger partial charge in [-0.3, -0.25) is 4.79 Å². The maximum Gasteiger partial charge on any atom is 0.320 e. The summed E-state index contributed by atoms with van der Waals surface area (Å²) < 4.78 is 11.7. The fourth-order valence-electron chi connectivity index (χ4n) is 2.97. The maximum atomic E-state index is 12.7. The van der Waals surface area contributed by atoms with Crippen molar-refractivity contribution in [2.75, 3.05) is 7.11 Å². The van der Waals surface area contributed by atoms with Gasteiger partial charge in [-0.25, -0.2) is 0 Å². The Labute approximate surface area is 147 Å². The first-order valence-electron chi connectivity index (χ1n) is 8.59. The lowest BCUT2D eigenvalue weighted by Gasteiger charge is -2.39. The second-order valence-electron chi connectivity index (χ2n) is 8.15. The zero-order valence-corrected chi connectivity index (χ0v) is 17.0. The molecule has 0 aromatic heterocycles. The van der Waals surface area contributed by atoms with Crippen LogP contribution >= 0.6 is 0 Å². The van der Waals surface area contributed by atoms with Crippen molar-refractivity contribution >= 4 is 14.3 Å². The van der Waals surface area contributed by atoms with Crippen molar-refractivity contribution in [3.63, 3.8) is 0 Å². The van der Waals surface area contributed by atoms with Gasteiger partial charge in [0.2, 0.25) is 8.32 Å². The van der Waals surface area contributed by atoms with Gasteiger partial charge < -0.3 is 9.16 Å². The first kappa shape index (κ1) is 18.8. The van der Waals surface area contributed by atoms with Crippen molar-refractivity contribution in [2.45, 2.75) is 58.2 Å². The summed E-state index contributed by atoms with van der Waals surface area (Å²) in [4.78, 5) is 12.7. The fraction of sp³-hybridized carbons (Fsp3) is 0.550. The molecular weight excluding hydrogens is 316 g/mol. The summed E-state index contributed by atoms with van der Waals surface area (Å²) in [5.74, 6) is 0.722. The van der Waals surface area contributed by atoms with Gasteiger partial charge in [0.05, 0.1) is 12.9 Å². The molecule has 4 heteroatoms. The average molecular weight is 347 g/mol. The van der Waals surface area contributed by atoms with E-state index in [4.69, 9.17) is 9.16 Å². The molecule has 1 aromatic carbocycles.